The first-order valence-corrected chi connectivity index (χ1v) is 5.57. The van der Waals surface area contributed by atoms with Gasteiger partial charge in [-0.15, -0.1) is 0 Å². The van der Waals surface area contributed by atoms with Gasteiger partial charge in [-0.25, -0.2) is 0 Å². The van der Waals surface area contributed by atoms with Gasteiger partial charge in [-0.05, 0) is 38.6 Å². The van der Waals surface area contributed by atoms with Gasteiger partial charge in [-0.2, -0.15) is 0 Å². The van der Waals surface area contributed by atoms with Crippen molar-refractivity contribution in [1.82, 2.24) is 5.32 Å². The van der Waals surface area contributed by atoms with Crippen molar-refractivity contribution in [1.29, 1.82) is 0 Å². The van der Waals surface area contributed by atoms with Crippen LogP contribution in [0.1, 0.15) is 25.5 Å². The summed E-state index contributed by atoms with van der Waals surface area (Å²) in [4.78, 5) is 0. The molecule has 0 radical (unpaired) electrons. The van der Waals surface area contributed by atoms with E-state index in [0.717, 1.165) is 5.56 Å². The van der Waals surface area contributed by atoms with E-state index in [1.165, 1.54) is 5.57 Å². The fourth-order valence-electron chi connectivity index (χ4n) is 1.39. The molecule has 82 valence electrons. The van der Waals surface area contributed by atoms with E-state index in [-0.39, 0.29) is 6.04 Å². The molecule has 1 aromatic rings. The van der Waals surface area contributed by atoms with Gasteiger partial charge in [0.1, 0.15) is 0 Å². The Hall–Kier alpha value is -0.500. The molecule has 0 fully saturated rings. The Morgan fingerprint density at radius 1 is 1.27 bits per heavy atom. The van der Waals surface area contributed by atoms with E-state index in [1.54, 1.807) is 0 Å². The van der Waals surface area contributed by atoms with Gasteiger partial charge in [0.25, 0.3) is 0 Å². The van der Waals surface area contributed by atoms with Gasteiger partial charge >= 0.3 is 0 Å². The van der Waals surface area contributed by atoms with Gasteiger partial charge in [-0.1, -0.05) is 40.9 Å². The van der Waals surface area contributed by atoms with Crippen molar-refractivity contribution in [2.24, 2.45) is 0 Å². The highest BCUT2D eigenvalue weighted by Gasteiger charge is 2.07. The van der Waals surface area contributed by atoms with Crippen molar-refractivity contribution in [3.05, 3.63) is 45.5 Å². The van der Waals surface area contributed by atoms with Crippen molar-refractivity contribution in [3.63, 3.8) is 0 Å². The smallest absolute Gasteiger partial charge is 0.0595 e. The molecule has 1 N–H and O–H groups in total. The lowest BCUT2D eigenvalue weighted by Crippen LogP contribution is -2.14. The van der Waals surface area contributed by atoms with E-state index < -0.39 is 0 Å². The predicted octanol–water partition coefficient (Wildman–Crippen LogP) is 4.22. The largest absolute Gasteiger partial charge is 0.310 e. The van der Waals surface area contributed by atoms with Crippen LogP contribution >= 0.6 is 23.2 Å². The topological polar surface area (TPSA) is 12.0 Å². The minimum absolute atomic E-state index is 0.185. The highest BCUT2D eigenvalue weighted by Crippen LogP contribution is 2.26. The second kappa shape index (κ2) is 5.55. The second-order valence-electron chi connectivity index (χ2n) is 3.68. The van der Waals surface area contributed by atoms with Crippen molar-refractivity contribution < 1.29 is 0 Å². The van der Waals surface area contributed by atoms with E-state index >= 15 is 0 Å². The molecule has 0 bridgehead atoms. The van der Waals surface area contributed by atoms with Crippen molar-refractivity contribution in [2.75, 3.05) is 7.05 Å². The molecule has 0 aromatic heterocycles. The molecule has 0 heterocycles. The predicted molar refractivity (Wildman–Crippen MR) is 67.7 cm³/mol. The first-order chi connectivity index (χ1) is 7.04. The SMILES string of the molecule is CNC(C=C(C)C)c1ccc(Cl)c(Cl)c1. The summed E-state index contributed by atoms with van der Waals surface area (Å²) in [6.07, 6.45) is 2.15. The second-order valence-corrected chi connectivity index (χ2v) is 4.50. The van der Waals surface area contributed by atoms with Crippen LogP contribution in [0.4, 0.5) is 0 Å². The summed E-state index contributed by atoms with van der Waals surface area (Å²) < 4.78 is 0. The molecule has 0 saturated heterocycles. The molecule has 1 atom stereocenters. The van der Waals surface area contributed by atoms with Crippen LogP contribution in [-0.4, -0.2) is 7.05 Å². The molecule has 0 aliphatic heterocycles. The molecule has 1 unspecified atom stereocenters. The summed E-state index contributed by atoms with van der Waals surface area (Å²) in [6, 6.07) is 5.88. The zero-order chi connectivity index (χ0) is 11.4. The summed E-state index contributed by atoms with van der Waals surface area (Å²) in [5.74, 6) is 0. The van der Waals surface area contributed by atoms with Gasteiger partial charge in [0, 0.05) is 0 Å². The number of hydrogen-bond acceptors (Lipinski definition) is 1. The normalized spacial score (nSPS) is 12.3. The maximum absolute atomic E-state index is 5.97. The molecule has 15 heavy (non-hydrogen) atoms. The van der Waals surface area contributed by atoms with Crippen molar-refractivity contribution >= 4 is 23.2 Å². The number of rotatable bonds is 3. The Labute approximate surface area is 101 Å². The Morgan fingerprint density at radius 3 is 2.40 bits per heavy atom. The van der Waals surface area contributed by atoms with E-state index in [4.69, 9.17) is 23.2 Å². The van der Waals surface area contributed by atoms with Crippen LogP contribution in [0.15, 0.2) is 29.8 Å². The maximum atomic E-state index is 5.97. The first kappa shape index (κ1) is 12.6. The Bertz CT molecular complexity index is 368. The van der Waals surface area contributed by atoms with E-state index in [9.17, 15) is 0 Å². The number of likely N-dealkylation sites (N-methyl/N-ethyl adjacent to an activating group) is 1. The molecule has 0 aliphatic carbocycles. The summed E-state index contributed by atoms with van der Waals surface area (Å²) in [7, 11) is 1.92. The van der Waals surface area contributed by atoms with Gasteiger partial charge in [-0.3, -0.25) is 0 Å². The maximum Gasteiger partial charge on any atom is 0.0595 e. The number of allylic oxidation sites excluding steroid dienone is 1. The molecular formula is C12H15Cl2N. The molecule has 0 spiro atoms. The Morgan fingerprint density at radius 2 is 1.93 bits per heavy atom. The molecule has 3 heteroatoms. The molecule has 1 aromatic carbocycles. The Kier molecular flexibility index (Phi) is 4.65. The van der Waals surface area contributed by atoms with Crippen LogP contribution in [-0.2, 0) is 0 Å². The number of hydrogen-bond donors (Lipinski definition) is 1. The number of benzene rings is 1. The van der Waals surface area contributed by atoms with Crippen LogP contribution in [0.5, 0.6) is 0 Å². The number of halogens is 2. The van der Waals surface area contributed by atoms with Crippen molar-refractivity contribution in [2.45, 2.75) is 19.9 Å². The number of nitrogens with one attached hydrogen (secondary N) is 1. The highest BCUT2D eigenvalue weighted by molar-refractivity contribution is 6.42. The lowest BCUT2D eigenvalue weighted by Gasteiger charge is -2.13. The van der Waals surface area contributed by atoms with Crippen LogP contribution in [0.2, 0.25) is 10.0 Å². The highest BCUT2D eigenvalue weighted by atomic mass is 35.5. The third kappa shape index (κ3) is 3.53. The van der Waals surface area contributed by atoms with Gasteiger partial charge in [0.2, 0.25) is 0 Å². The summed E-state index contributed by atoms with van der Waals surface area (Å²) in [5.41, 5.74) is 2.38. The third-order valence-electron chi connectivity index (χ3n) is 2.11. The summed E-state index contributed by atoms with van der Waals surface area (Å²) in [6.45, 7) is 4.14. The zero-order valence-corrected chi connectivity index (χ0v) is 10.7. The molecule has 1 nitrogen and oxygen atoms in total. The lowest BCUT2D eigenvalue weighted by atomic mass is 10.1. The van der Waals surface area contributed by atoms with Crippen LogP contribution < -0.4 is 5.32 Å². The molecule has 0 amide bonds. The lowest BCUT2D eigenvalue weighted by molar-refractivity contribution is 0.710. The molecule has 1 rings (SSSR count). The first-order valence-electron chi connectivity index (χ1n) is 4.82. The fourth-order valence-corrected chi connectivity index (χ4v) is 1.69. The van der Waals surface area contributed by atoms with E-state index in [0.29, 0.717) is 10.0 Å². The minimum atomic E-state index is 0.185. The monoisotopic (exact) mass is 243 g/mol. The molecular weight excluding hydrogens is 229 g/mol. The standard InChI is InChI=1S/C12H15Cl2N/c1-8(2)6-12(15-3)9-4-5-10(13)11(14)7-9/h4-7,12,15H,1-3H3. The average Bonchev–Trinajstić information content (AvgIpc) is 2.18. The third-order valence-corrected chi connectivity index (χ3v) is 2.85. The summed E-state index contributed by atoms with van der Waals surface area (Å²) in [5, 5.41) is 4.40. The van der Waals surface area contributed by atoms with Crippen LogP contribution in [0, 0.1) is 0 Å². The van der Waals surface area contributed by atoms with E-state index in [1.807, 2.05) is 25.2 Å². The molecule has 0 aliphatic rings. The zero-order valence-electron chi connectivity index (χ0n) is 9.14. The summed E-state index contributed by atoms with van der Waals surface area (Å²) >= 11 is 11.8. The van der Waals surface area contributed by atoms with Gasteiger partial charge in [0.05, 0.1) is 16.1 Å². The molecule has 0 saturated carbocycles. The van der Waals surface area contributed by atoms with Crippen LogP contribution in [0.3, 0.4) is 0 Å². The van der Waals surface area contributed by atoms with Crippen LogP contribution in [0.25, 0.3) is 0 Å². The van der Waals surface area contributed by atoms with Gasteiger partial charge < -0.3 is 5.32 Å². The minimum Gasteiger partial charge on any atom is -0.310 e. The van der Waals surface area contributed by atoms with E-state index in [2.05, 4.69) is 25.2 Å². The fraction of sp³-hybridized carbons (Fsp3) is 0.333. The average molecular weight is 244 g/mol. The quantitative estimate of drug-likeness (QED) is 0.785. The Balaban J connectivity index is 3.03. The van der Waals surface area contributed by atoms with Crippen molar-refractivity contribution in [3.8, 4) is 0 Å². The van der Waals surface area contributed by atoms with Gasteiger partial charge in [0.15, 0.2) is 0 Å².